The molecule has 1 rings (SSSR count). The SMILES string of the molecule is OB(O)c1ccccc1.[Cr]. The predicted octanol–water partition coefficient (Wildman–Crippen LogP) is -0.636. The summed E-state index contributed by atoms with van der Waals surface area (Å²) in [5.41, 5.74) is 0.525. The molecule has 2 nitrogen and oxygen atoms in total. The Morgan fingerprint density at radius 3 is 1.80 bits per heavy atom. The Kier molecular flexibility index (Phi) is 4.42. The van der Waals surface area contributed by atoms with Gasteiger partial charge in [0.05, 0.1) is 0 Å². The van der Waals surface area contributed by atoms with Gasteiger partial charge in [0.25, 0.3) is 0 Å². The molecular weight excluding hydrogens is 167 g/mol. The zero-order valence-corrected chi connectivity index (χ0v) is 6.54. The average Bonchev–Trinajstić information content (AvgIpc) is 1.90. The fourth-order valence-electron chi connectivity index (χ4n) is 0.625. The number of hydrogen-bond acceptors (Lipinski definition) is 2. The molecule has 1 aromatic carbocycles. The van der Waals surface area contributed by atoms with Crippen LogP contribution in [0.25, 0.3) is 0 Å². The third-order valence-corrected chi connectivity index (χ3v) is 1.10. The molecule has 1 aromatic rings. The molecule has 0 radical (unpaired) electrons. The summed E-state index contributed by atoms with van der Waals surface area (Å²) in [7, 11) is -1.34. The van der Waals surface area contributed by atoms with Gasteiger partial charge in [0.1, 0.15) is 0 Å². The van der Waals surface area contributed by atoms with E-state index in [0.717, 1.165) is 0 Å². The van der Waals surface area contributed by atoms with E-state index < -0.39 is 7.12 Å². The summed E-state index contributed by atoms with van der Waals surface area (Å²) in [5.74, 6) is 0. The molecule has 0 heterocycles. The molecule has 52 valence electrons. The van der Waals surface area contributed by atoms with Gasteiger partial charge >= 0.3 is 7.12 Å². The van der Waals surface area contributed by atoms with Crippen LogP contribution < -0.4 is 5.46 Å². The summed E-state index contributed by atoms with van der Waals surface area (Å²) in [6.07, 6.45) is 0. The maximum Gasteiger partial charge on any atom is 0.488 e. The van der Waals surface area contributed by atoms with Crippen LogP contribution in [0.5, 0.6) is 0 Å². The van der Waals surface area contributed by atoms with Gasteiger partial charge in [-0.15, -0.1) is 0 Å². The molecule has 0 fully saturated rings. The van der Waals surface area contributed by atoms with Crippen molar-refractivity contribution in [2.75, 3.05) is 0 Å². The van der Waals surface area contributed by atoms with Crippen molar-refractivity contribution < 1.29 is 27.4 Å². The molecule has 0 aliphatic carbocycles. The van der Waals surface area contributed by atoms with E-state index in [1.54, 1.807) is 24.3 Å². The second kappa shape index (κ2) is 4.54. The first kappa shape index (κ1) is 9.74. The molecule has 0 saturated carbocycles. The quantitative estimate of drug-likeness (QED) is 0.556. The van der Waals surface area contributed by atoms with Crippen molar-refractivity contribution in [1.82, 2.24) is 0 Å². The minimum Gasteiger partial charge on any atom is -0.423 e. The van der Waals surface area contributed by atoms with Crippen molar-refractivity contribution in [2.45, 2.75) is 0 Å². The van der Waals surface area contributed by atoms with E-state index in [0.29, 0.717) is 5.46 Å². The molecule has 0 aliphatic heterocycles. The number of rotatable bonds is 1. The van der Waals surface area contributed by atoms with Gasteiger partial charge in [-0.25, -0.2) is 0 Å². The van der Waals surface area contributed by atoms with Gasteiger partial charge < -0.3 is 10.0 Å². The second-order valence-electron chi connectivity index (χ2n) is 1.78. The van der Waals surface area contributed by atoms with E-state index in [4.69, 9.17) is 10.0 Å². The molecule has 0 unspecified atom stereocenters. The van der Waals surface area contributed by atoms with Crippen LogP contribution in [0.3, 0.4) is 0 Å². The Morgan fingerprint density at radius 1 is 1.00 bits per heavy atom. The van der Waals surface area contributed by atoms with Gasteiger partial charge in [-0.2, -0.15) is 0 Å². The summed E-state index contributed by atoms with van der Waals surface area (Å²) >= 11 is 0. The second-order valence-corrected chi connectivity index (χ2v) is 1.78. The topological polar surface area (TPSA) is 40.5 Å². The van der Waals surface area contributed by atoms with Crippen molar-refractivity contribution in [2.24, 2.45) is 0 Å². The molecule has 0 saturated heterocycles. The van der Waals surface area contributed by atoms with Crippen molar-refractivity contribution in [3.63, 3.8) is 0 Å². The monoisotopic (exact) mass is 174 g/mol. The fourth-order valence-corrected chi connectivity index (χ4v) is 0.625. The first-order chi connectivity index (χ1) is 4.30. The van der Waals surface area contributed by atoms with Gasteiger partial charge in [0, 0.05) is 17.4 Å². The summed E-state index contributed by atoms with van der Waals surface area (Å²) in [5, 5.41) is 17.2. The Hall–Kier alpha value is -0.263. The molecule has 0 spiro atoms. The van der Waals surface area contributed by atoms with E-state index in [9.17, 15) is 0 Å². The minimum absolute atomic E-state index is 0. The van der Waals surface area contributed by atoms with E-state index in [-0.39, 0.29) is 17.4 Å². The normalized spacial score (nSPS) is 8.20. The van der Waals surface area contributed by atoms with Crippen LogP contribution in [0, 0.1) is 0 Å². The van der Waals surface area contributed by atoms with Crippen LogP contribution >= 0.6 is 0 Å². The molecule has 2 N–H and O–H groups in total. The summed E-state index contributed by atoms with van der Waals surface area (Å²) in [6.45, 7) is 0. The maximum atomic E-state index is 8.58. The zero-order valence-electron chi connectivity index (χ0n) is 5.27. The van der Waals surface area contributed by atoms with Crippen LogP contribution in [0.2, 0.25) is 0 Å². The van der Waals surface area contributed by atoms with Crippen molar-refractivity contribution in [3.05, 3.63) is 30.3 Å². The van der Waals surface area contributed by atoms with Gasteiger partial charge in [-0.1, -0.05) is 30.3 Å². The molecule has 0 bridgehead atoms. The summed E-state index contributed by atoms with van der Waals surface area (Å²) in [6, 6.07) is 8.66. The Morgan fingerprint density at radius 2 is 1.50 bits per heavy atom. The Balaban J connectivity index is 0.000000810. The molecule has 0 aliphatic rings. The van der Waals surface area contributed by atoms with Gasteiger partial charge in [0.15, 0.2) is 0 Å². The molecular formula is C6H7BCrO2. The summed E-state index contributed by atoms with van der Waals surface area (Å²) in [4.78, 5) is 0. The standard InChI is InChI=1S/C6H7BO2.Cr/c8-7(9)6-4-2-1-3-5-6;/h1-5,8-9H;. The Bertz CT molecular complexity index is 178. The van der Waals surface area contributed by atoms with E-state index in [1.807, 2.05) is 6.07 Å². The first-order valence-corrected chi connectivity index (χ1v) is 2.72. The summed E-state index contributed by atoms with van der Waals surface area (Å²) < 4.78 is 0. The average molecular weight is 174 g/mol. The largest absolute Gasteiger partial charge is 0.488 e. The number of hydrogen-bond donors (Lipinski definition) is 2. The van der Waals surface area contributed by atoms with Gasteiger partial charge in [-0.3, -0.25) is 0 Å². The molecule has 10 heavy (non-hydrogen) atoms. The predicted molar refractivity (Wildman–Crippen MR) is 36.3 cm³/mol. The van der Waals surface area contributed by atoms with Crippen molar-refractivity contribution >= 4 is 12.6 Å². The van der Waals surface area contributed by atoms with Crippen LogP contribution in [-0.4, -0.2) is 17.2 Å². The fraction of sp³-hybridized carbons (Fsp3) is 0. The Labute approximate surface area is 70.8 Å². The van der Waals surface area contributed by atoms with Crippen LogP contribution in [0.15, 0.2) is 30.3 Å². The van der Waals surface area contributed by atoms with E-state index >= 15 is 0 Å². The van der Waals surface area contributed by atoms with E-state index in [2.05, 4.69) is 0 Å². The van der Waals surface area contributed by atoms with Crippen molar-refractivity contribution in [3.8, 4) is 0 Å². The van der Waals surface area contributed by atoms with Crippen LogP contribution in [-0.2, 0) is 17.4 Å². The molecule has 0 amide bonds. The molecule has 0 atom stereocenters. The molecule has 4 heteroatoms. The zero-order chi connectivity index (χ0) is 6.69. The number of benzene rings is 1. The van der Waals surface area contributed by atoms with E-state index in [1.165, 1.54) is 0 Å². The third kappa shape index (κ3) is 2.55. The first-order valence-electron chi connectivity index (χ1n) is 2.72. The minimum atomic E-state index is -1.34. The van der Waals surface area contributed by atoms with Crippen LogP contribution in [0.4, 0.5) is 0 Å². The molecule has 0 aromatic heterocycles. The maximum absolute atomic E-state index is 8.58. The third-order valence-electron chi connectivity index (χ3n) is 1.10. The van der Waals surface area contributed by atoms with Crippen molar-refractivity contribution in [1.29, 1.82) is 0 Å². The smallest absolute Gasteiger partial charge is 0.423 e. The van der Waals surface area contributed by atoms with Gasteiger partial charge in [0.2, 0.25) is 0 Å². The van der Waals surface area contributed by atoms with Gasteiger partial charge in [-0.05, 0) is 5.46 Å². The van der Waals surface area contributed by atoms with Crippen LogP contribution in [0.1, 0.15) is 0 Å².